The Morgan fingerprint density at radius 3 is 2.59 bits per heavy atom. The highest BCUT2D eigenvalue weighted by Gasteiger charge is 2.21. The molecule has 2 heterocycles. The van der Waals surface area contributed by atoms with Crippen molar-refractivity contribution in [2.75, 3.05) is 36.0 Å². The van der Waals surface area contributed by atoms with Gasteiger partial charge in [0.05, 0.1) is 10.7 Å². The molecule has 7 heteroatoms. The van der Waals surface area contributed by atoms with Gasteiger partial charge in [0.2, 0.25) is 5.76 Å². The van der Waals surface area contributed by atoms with Gasteiger partial charge in [-0.2, -0.15) is 5.26 Å². The first-order valence-corrected chi connectivity index (χ1v) is 7.30. The maximum absolute atomic E-state index is 12.8. The molecule has 0 radical (unpaired) electrons. The summed E-state index contributed by atoms with van der Waals surface area (Å²) in [4.78, 5) is 4.18. The minimum absolute atomic E-state index is 0.205. The molecule has 2 aromatic rings. The number of anilines is 2. The fourth-order valence-electron chi connectivity index (χ4n) is 2.53. The number of halogens is 2. The Labute approximate surface area is 132 Å². The Balaban J connectivity index is 1.70. The number of alkyl halides is 1. The summed E-state index contributed by atoms with van der Waals surface area (Å²) < 4.78 is 17.7. The van der Waals surface area contributed by atoms with Gasteiger partial charge in [-0.15, -0.1) is 0 Å². The minimum atomic E-state index is -0.500. The van der Waals surface area contributed by atoms with Crippen LogP contribution >= 0.6 is 11.6 Å². The average molecular weight is 321 g/mol. The SMILES string of the molecule is N#Cc1cc(N2CCN(c3cc(CF)ccc3Cl)CC2)no1. The first-order valence-electron chi connectivity index (χ1n) is 6.92. The molecular weight excluding hydrogens is 307 g/mol. The Morgan fingerprint density at radius 1 is 1.23 bits per heavy atom. The van der Waals surface area contributed by atoms with Crippen LogP contribution in [-0.4, -0.2) is 31.3 Å². The van der Waals surface area contributed by atoms with Gasteiger partial charge >= 0.3 is 0 Å². The Kier molecular flexibility index (Phi) is 4.16. The molecular formula is C15H14ClFN4O. The molecule has 0 amide bonds. The molecule has 0 N–H and O–H groups in total. The quantitative estimate of drug-likeness (QED) is 0.870. The van der Waals surface area contributed by atoms with Crippen molar-refractivity contribution < 1.29 is 8.91 Å². The molecule has 22 heavy (non-hydrogen) atoms. The molecule has 0 atom stereocenters. The molecule has 1 aromatic carbocycles. The third-order valence-corrected chi connectivity index (χ3v) is 4.04. The van der Waals surface area contributed by atoms with Crippen molar-refractivity contribution in [3.05, 3.63) is 40.6 Å². The number of rotatable bonds is 3. The zero-order valence-corrected chi connectivity index (χ0v) is 12.6. The Morgan fingerprint density at radius 2 is 1.95 bits per heavy atom. The molecule has 1 aromatic heterocycles. The van der Waals surface area contributed by atoms with E-state index < -0.39 is 6.67 Å². The number of piperazine rings is 1. The topological polar surface area (TPSA) is 56.3 Å². The number of aromatic nitrogens is 1. The first kappa shape index (κ1) is 14.7. The van der Waals surface area contributed by atoms with E-state index in [0.717, 1.165) is 31.9 Å². The van der Waals surface area contributed by atoms with Crippen molar-refractivity contribution in [2.24, 2.45) is 0 Å². The third-order valence-electron chi connectivity index (χ3n) is 3.72. The molecule has 1 saturated heterocycles. The van der Waals surface area contributed by atoms with Crippen LogP contribution in [0.5, 0.6) is 0 Å². The van der Waals surface area contributed by atoms with E-state index in [2.05, 4.69) is 10.1 Å². The van der Waals surface area contributed by atoms with Crippen molar-refractivity contribution >= 4 is 23.1 Å². The van der Waals surface area contributed by atoms with Crippen LogP contribution in [0.2, 0.25) is 5.02 Å². The van der Waals surface area contributed by atoms with Crippen molar-refractivity contribution in [1.82, 2.24) is 5.16 Å². The van der Waals surface area contributed by atoms with E-state index in [1.807, 2.05) is 11.0 Å². The zero-order valence-electron chi connectivity index (χ0n) is 11.8. The third kappa shape index (κ3) is 2.85. The molecule has 0 aliphatic carbocycles. The molecule has 0 spiro atoms. The van der Waals surface area contributed by atoms with Gasteiger partial charge in [-0.3, -0.25) is 0 Å². The summed E-state index contributed by atoms with van der Waals surface area (Å²) in [6, 6.07) is 8.77. The van der Waals surface area contributed by atoms with Gasteiger partial charge in [-0.05, 0) is 17.7 Å². The van der Waals surface area contributed by atoms with Crippen LogP contribution in [0.1, 0.15) is 11.3 Å². The van der Waals surface area contributed by atoms with Gasteiger partial charge in [0.1, 0.15) is 12.7 Å². The Hall–Kier alpha value is -2.26. The van der Waals surface area contributed by atoms with Crippen LogP contribution in [-0.2, 0) is 6.67 Å². The van der Waals surface area contributed by atoms with E-state index in [-0.39, 0.29) is 5.76 Å². The maximum atomic E-state index is 12.8. The van der Waals surface area contributed by atoms with Gasteiger partial charge in [0, 0.05) is 32.2 Å². The molecule has 0 unspecified atom stereocenters. The molecule has 1 aliphatic heterocycles. The van der Waals surface area contributed by atoms with E-state index in [0.29, 0.717) is 16.4 Å². The summed E-state index contributed by atoms with van der Waals surface area (Å²) in [5, 5.41) is 13.3. The van der Waals surface area contributed by atoms with Crippen molar-refractivity contribution in [3.8, 4) is 6.07 Å². The van der Waals surface area contributed by atoms with E-state index in [1.165, 1.54) is 0 Å². The van der Waals surface area contributed by atoms with Crippen LogP contribution in [0.15, 0.2) is 28.8 Å². The molecule has 0 saturated carbocycles. The highest BCUT2D eigenvalue weighted by molar-refractivity contribution is 6.33. The van der Waals surface area contributed by atoms with E-state index >= 15 is 0 Å². The van der Waals surface area contributed by atoms with Crippen molar-refractivity contribution in [2.45, 2.75) is 6.67 Å². The molecule has 3 rings (SSSR count). The highest BCUT2D eigenvalue weighted by Crippen LogP contribution is 2.29. The van der Waals surface area contributed by atoms with E-state index in [9.17, 15) is 4.39 Å². The van der Waals surface area contributed by atoms with Crippen molar-refractivity contribution in [1.29, 1.82) is 5.26 Å². The first-order chi connectivity index (χ1) is 10.7. The second-order valence-electron chi connectivity index (χ2n) is 5.05. The number of nitriles is 1. The van der Waals surface area contributed by atoms with Crippen LogP contribution in [0.25, 0.3) is 0 Å². The summed E-state index contributed by atoms with van der Waals surface area (Å²) in [5.41, 5.74) is 1.48. The van der Waals surface area contributed by atoms with Gasteiger partial charge in [0.25, 0.3) is 0 Å². The highest BCUT2D eigenvalue weighted by atomic mass is 35.5. The predicted molar refractivity (Wildman–Crippen MR) is 81.9 cm³/mol. The summed E-state index contributed by atoms with van der Waals surface area (Å²) in [5.74, 6) is 0.871. The lowest BCUT2D eigenvalue weighted by Crippen LogP contribution is -2.46. The lowest BCUT2D eigenvalue weighted by Gasteiger charge is -2.36. The molecule has 114 valence electrons. The predicted octanol–water partition coefficient (Wildman–Crippen LogP) is 3.00. The van der Waals surface area contributed by atoms with Gasteiger partial charge in [0.15, 0.2) is 5.82 Å². The fourth-order valence-corrected chi connectivity index (χ4v) is 2.76. The van der Waals surface area contributed by atoms with Crippen LogP contribution in [0.3, 0.4) is 0 Å². The van der Waals surface area contributed by atoms with Crippen LogP contribution in [0.4, 0.5) is 15.9 Å². The minimum Gasteiger partial charge on any atom is -0.367 e. The van der Waals surface area contributed by atoms with Gasteiger partial charge < -0.3 is 14.3 Å². The second kappa shape index (κ2) is 6.24. The van der Waals surface area contributed by atoms with E-state index in [1.54, 1.807) is 24.3 Å². The largest absolute Gasteiger partial charge is 0.367 e. The molecule has 1 aliphatic rings. The summed E-state index contributed by atoms with van der Waals surface area (Å²) in [6.45, 7) is 2.44. The summed E-state index contributed by atoms with van der Waals surface area (Å²) in [7, 11) is 0. The normalized spacial score (nSPS) is 15.0. The van der Waals surface area contributed by atoms with Crippen molar-refractivity contribution in [3.63, 3.8) is 0 Å². The number of hydrogen-bond acceptors (Lipinski definition) is 5. The summed E-state index contributed by atoms with van der Waals surface area (Å²) in [6.07, 6.45) is 0. The number of nitrogens with zero attached hydrogens (tertiary/aromatic N) is 4. The van der Waals surface area contributed by atoms with E-state index in [4.69, 9.17) is 21.4 Å². The molecule has 1 fully saturated rings. The lowest BCUT2D eigenvalue weighted by atomic mass is 10.2. The van der Waals surface area contributed by atoms with Crippen LogP contribution in [0, 0.1) is 11.3 Å². The maximum Gasteiger partial charge on any atom is 0.238 e. The van der Waals surface area contributed by atoms with Gasteiger partial charge in [-0.25, -0.2) is 4.39 Å². The summed E-state index contributed by atoms with van der Waals surface area (Å²) >= 11 is 6.22. The monoisotopic (exact) mass is 320 g/mol. The second-order valence-corrected chi connectivity index (χ2v) is 5.46. The molecule has 0 bridgehead atoms. The number of benzene rings is 1. The molecule has 5 nitrogen and oxygen atoms in total. The standard InChI is InChI=1S/C15H14ClFN4O/c16-13-2-1-11(9-17)7-14(13)20-3-5-21(6-4-20)15-8-12(10-18)22-19-15/h1-2,7-8H,3-6,9H2. The average Bonchev–Trinajstić information content (AvgIpc) is 3.05. The zero-order chi connectivity index (χ0) is 15.5. The number of hydrogen-bond donors (Lipinski definition) is 0. The fraction of sp³-hybridized carbons (Fsp3) is 0.333. The smallest absolute Gasteiger partial charge is 0.238 e. The van der Waals surface area contributed by atoms with Crippen LogP contribution < -0.4 is 9.80 Å². The Bertz CT molecular complexity index is 704. The lowest BCUT2D eigenvalue weighted by molar-refractivity contribution is 0.408. The van der Waals surface area contributed by atoms with Gasteiger partial charge in [-0.1, -0.05) is 22.8 Å².